The van der Waals surface area contributed by atoms with Crippen molar-refractivity contribution in [2.45, 2.75) is 0 Å². The summed E-state index contributed by atoms with van der Waals surface area (Å²) in [6, 6.07) is 53.1. The van der Waals surface area contributed by atoms with Crippen LogP contribution < -0.4 is 0 Å². The van der Waals surface area contributed by atoms with Crippen LogP contribution in [0.3, 0.4) is 0 Å². The zero-order chi connectivity index (χ0) is 34.2. The highest BCUT2D eigenvalue weighted by Crippen LogP contribution is 2.43. The van der Waals surface area contributed by atoms with E-state index in [9.17, 15) is 15.8 Å². The summed E-state index contributed by atoms with van der Waals surface area (Å²) in [6.07, 6.45) is 0. The Hall–Kier alpha value is -7.59. The molecule has 7 aromatic carbocycles. The van der Waals surface area contributed by atoms with Crippen molar-refractivity contribution in [3.05, 3.63) is 156 Å². The summed E-state index contributed by atoms with van der Waals surface area (Å²) in [4.78, 5) is 0. The zero-order valence-corrected chi connectivity index (χ0v) is 26.9. The van der Waals surface area contributed by atoms with Gasteiger partial charge in [-0.25, -0.2) is 0 Å². The Bertz CT molecular complexity index is 3190. The van der Waals surface area contributed by atoms with Gasteiger partial charge in [0.15, 0.2) is 0 Å². The molecule has 0 unspecified atom stereocenters. The van der Waals surface area contributed by atoms with Crippen LogP contribution in [-0.4, -0.2) is 9.13 Å². The number of benzene rings is 7. The van der Waals surface area contributed by atoms with Crippen LogP contribution in [0.1, 0.15) is 16.7 Å². The molecule has 3 aromatic heterocycles. The van der Waals surface area contributed by atoms with Gasteiger partial charge in [0, 0.05) is 49.1 Å². The maximum atomic E-state index is 10.6. The van der Waals surface area contributed by atoms with Crippen molar-refractivity contribution in [1.82, 2.24) is 9.13 Å². The van der Waals surface area contributed by atoms with Gasteiger partial charge in [-0.05, 0) is 66.7 Å². The molecule has 0 N–H and O–H groups in total. The van der Waals surface area contributed by atoms with E-state index in [1.807, 2.05) is 97.1 Å². The van der Waals surface area contributed by atoms with Crippen LogP contribution in [0, 0.1) is 34.0 Å². The molecule has 0 amide bonds. The first kappa shape index (κ1) is 28.4. The number of nitrogens with zero attached hydrogens (tertiary/aromatic N) is 5. The predicted octanol–water partition coefficient (Wildman–Crippen LogP) is 11.1. The molecule has 0 fully saturated rings. The first-order valence-electron chi connectivity index (χ1n) is 16.5. The molecule has 0 spiro atoms. The number of para-hydroxylation sites is 4. The average Bonchev–Trinajstić information content (AvgIpc) is 3.84. The third-order valence-electron chi connectivity index (χ3n) is 10.0. The topological polar surface area (TPSA) is 94.4 Å². The summed E-state index contributed by atoms with van der Waals surface area (Å²) in [5, 5.41) is 37.8. The summed E-state index contributed by atoms with van der Waals surface area (Å²) in [6.45, 7) is 0. The minimum atomic E-state index is 0.315. The average molecular weight is 650 g/mol. The molecule has 3 heterocycles. The fourth-order valence-corrected chi connectivity index (χ4v) is 7.90. The van der Waals surface area contributed by atoms with Gasteiger partial charge in [-0.15, -0.1) is 0 Å². The van der Waals surface area contributed by atoms with Gasteiger partial charge in [0.05, 0.1) is 56.6 Å². The van der Waals surface area contributed by atoms with Crippen molar-refractivity contribution in [3.63, 3.8) is 0 Å². The summed E-state index contributed by atoms with van der Waals surface area (Å²) in [7, 11) is 0. The van der Waals surface area contributed by atoms with Gasteiger partial charge in [-0.3, -0.25) is 0 Å². The Morgan fingerprint density at radius 1 is 0.412 bits per heavy atom. The molecule has 0 aliphatic carbocycles. The number of hydrogen-bond donors (Lipinski definition) is 0. The second-order valence-corrected chi connectivity index (χ2v) is 12.6. The molecular formula is C45H23N5O. The highest BCUT2D eigenvalue weighted by molar-refractivity contribution is 6.27. The van der Waals surface area contributed by atoms with E-state index >= 15 is 0 Å². The molecule has 6 heteroatoms. The van der Waals surface area contributed by atoms with Gasteiger partial charge in [-0.1, -0.05) is 72.8 Å². The standard InChI is InChI=1S/C45H23N5O/c46-24-27-17-18-30(49-37-13-5-1-9-31(37)32-10-2-6-14-38(32)49)22-35(27)36-23-41(29(26-48)21-28(36)25-47)50-39-15-7-3-11-33(39)44-40(50)19-20-43-45(44)34-12-4-8-16-42(34)51-43/h1-23H. The highest BCUT2D eigenvalue weighted by Gasteiger charge is 2.23. The minimum Gasteiger partial charge on any atom is -0.456 e. The predicted molar refractivity (Wildman–Crippen MR) is 202 cm³/mol. The highest BCUT2D eigenvalue weighted by atomic mass is 16.3. The van der Waals surface area contributed by atoms with E-state index in [-0.39, 0.29) is 0 Å². The molecule has 0 saturated heterocycles. The van der Waals surface area contributed by atoms with E-state index < -0.39 is 0 Å². The Labute approximate surface area is 291 Å². The lowest BCUT2D eigenvalue weighted by Gasteiger charge is -2.16. The van der Waals surface area contributed by atoms with Crippen LogP contribution in [0.25, 0.3) is 88.1 Å². The molecule has 0 atom stereocenters. The Balaban J connectivity index is 1.28. The van der Waals surface area contributed by atoms with Crippen molar-refractivity contribution >= 4 is 65.6 Å². The molecule has 6 nitrogen and oxygen atoms in total. The maximum Gasteiger partial charge on any atom is 0.136 e. The number of furan rings is 1. The number of aromatic nitrogens is 2. The molecule has 10 aromatic rings. The van der Waals surface area contributed by atoms with Crippen LogP contribution >= 0.6 is 0 Å². The van der Waals surface area contributed by atoms with Crippen LogP contribution in [0.4, 0.5) is 0 Å². The fraction of sp³-hybridized carbons (Fsp3) is 0. The van der Waals surface area contributed by atoms with E-state index in [1.165, 1.54) is 0 Å². The molecule has 234 valence electrons. The molecule has 10 rings (SSSR count). The van der Waals surface area contributed by atoms with Crippen LogP contribution in [0.15, 0.2) is 144 Å². The van der Waals surface area contributed by atoms with Gasteiger partial charge in [0.1, 0.15) is 17.2 Å². The number of hydrogen-bond acceptors (Lipinski definition) is 4. The second kappa shape index (κ2) is 10.7. The van der Waals surface area contributed by atoms with Gasteiger partial charge in [0.25, 0.3) is 0 Å². The lowest BCUT2D eigenvalue weighted by Crippen LogP contribution is -2.02. The van der Waals surface area contributed by atoms with Gasteiger partial charge in [-0.2, -0.15) is 15.8 Å². The summed E-state index contributed by atoms with van der Waals surface area (Å²) < 4.78 is 10.6. The number of nitriles is 3. The van der Waals surface area contributed by atoms with Gasteiger partial charge < -0.3 is 13.6 Å². The van der Waals surface area contributed by atoms with Gasteiger partial charge >= 0.3 is 0 Å². The largest absolute Gasteiger partial charge is 0.456 e. The van der Waals surface area contributed by atoms with E-state index in [1.54, 1.807) is 6.07 Å². The number of rotatable bonds is 3. The third kappa shape index (κ3) is 3.95. The number of fused-ring (bicyclic) bond motifs is 10. The van der Waals surface area contributed by atoms with Crippen molar-refractivity contribution in [1.29, 1.82) is 15.8 Å². The smallest absolute Gasteiger partial charge is 0.136 e. The Morgan fingerprint density at radius 3 is 1.69 bits per heavy atom. The summed E-state index contributed by atoms with van der Waals surface area (Å²) in [5.41, 5.74) is 9.27. The maximum absolute atomic E-state index is 10.6. The van der Waals surface area contributed by atoms with Crippen LogP contribution in [-0.2, 0) is 0 Å². The lowest BCUT2D eigenvalue weighted by molar-refractivity contribution is 0.669. The Kier molecular flexibility index (Phi) is 5.97. The molecule has 0 aliphatic rings. The van der Waals surface area contributed by atoms with Crippen LogP contribution in [0.2, 0.25) is 0 Å². The quantitative estimate of drug-likeness (QED) is 0.190. The minimum absolute atomic E-state index is 0.315. The molecule has 0 aliphatic heterocycles. The third-order valence-corrected chi connectivity index (χ3v) is 10.0. The first-order valence-corrected chi connectivity index (χ1v) is 16.5. The second-order valence-electron chi connectivity index (χ2n) is 12.6. The van der Waals surface area contributed by atoms with E-state index in [4.69, 9.17) is 4.42 Å². The molecule has 51 heavy (non-hydrogen) atoms. The fourth-order valence-electron chi connectivity index (χ4n) is 7.90. The molecule has 0 saturated carbocycles. The van der Waals surface area contributed by atoms with Crippen LogP contribution in [0.5, 0.6) is 0 Å². The van der Waals surface area contributed by atoms with E-state index in [0.29, 0.717) is 33.5 Å². The lowest BCUT2D eigenvalue weighted by atomic mass is 9.93. The summed E-state index contributed by atoms with van der Waals surface area (Å²) >= 11 is 0. The van der Waals surface area contributed by atoms with Crippen molar-refractivity contribution in [3.8, 4) is 40.7 Å². The molecular weight excluding hydrogens is 627 g/mol. The van der Waals surface area contributed by atoms with E-state index in [2.05, 4.69) is 63.7 Å². The monoisotopic (exact) mass is 649 g/mol. The first-order chi connectivity index (χ1) is 25.2. The van der Waals surface area contributed by atoms with E-state index in [0.717, 1.165) is 71.2 Å². The van der Waals surface area contributed by atoms with Crippen molar-refractivity contribution < 1.29 is 4.42 Å². The normalized spacial score (nSPS) is 11.5. The Morgan fingerprint density at radius 2 is 1.00 bits per heavy atom. The zero-order valence-electron chi connectivity index (χ0n) is 26.9. The van der Waals surface area contributed by atoms with Crippen molar-refractivity contribution in [2.75, 3.05) is 0 Å². The molecule has 0 bridgehead atoms. The SMILES string of the molecule is N#Cc1ccc(-n2c3ccccc3c3ccccc32)cc1-c1cc(-n2c3ccccc3c3c4c(ccc32)oc2ccccc24)c(C#N)cc1C#N. The summed E-state index contributed by atoms with van der Waals surface area (Å²) in [5.74, 6) is 0. The molecule has 0 radical (unpaired) electrons. The van der Waals surface area contributed by atoms with Gasteiger partial charge in [0.2, 0.25) is 0 Å². The van der Waals surface area contributed by atoms with Crippen molar-refractivity contribution in [2.24, 2.45) is 0 Å².